The number of esters is 1. The Morgan fingerprint density at radius 3 is 1.65 bits per heavy atom. The van der Waals surface area contributed by atoms with E-state index in [4.69, 9.17) is 4.74 Å². The molecule has 0 aliphatic carbocycles. The van der Waals surface area contributed by atoms with Crippen LogP contribution in [0.15, 0.2) is 12.2 Å². The highest BCUT2D eigenvalue weighted by Crippen LogP contribution is 2.30. The number of carbonyl (C=O) groups excluding carboxylic acids is 1. The van der Waals surface area contributed by atoms with Crippen molar-refractivity contribution in [2.45, 2.75) is 67.4 Å². The molecule has 0 aliphatic heterocycles. The third-order valence-corrected chi connectivity index (χ3v) is 2.30. The van der Waals surface area contributed by atoms with Gasteiger partial charge in [-0.05, 0) is 30.6 Å². The van der Waals surface area contributed by atoms with Crippen molar-refractivity contribution >= 4 is 5.97 Å². The maximum atomic E-state index is 11.6. The first-order chi connectivity index (χ1) is 7.41. The summed E-state index contributed by atoms with van der Waals surface area (Å²) in [6, 6.07) is 0. The molecule has 0 aromatic rings. The van der Waals surface area contributed by atoms with Crippen molar-refractivity contribution in [1.29, 1.82) is 0 Å². The molecule has 17 heavy (non-hydrogen) atoms. The summed E-state index contributed by atoms with van der Waals surface area (Å²) in [6.07, 6.45) is 1.73. The van der Waals surface area contributed by atoms with E-state index in [0.29, 0.717) is 5.57 Å². The Labute approximate surface area is 106 Å². The minimum atomic E-state index is -0.275. The van der Waals surface area contributed by atoms with Gasteiger partial charge in [0.1, 0.15) is 6.10 Å². The van der Waals surface area contributed by atoms with E-state index in [1.54, 1.807) is 6.92 Å². The van der Waals surface area contributed by atoms with Crippen molar-refractivity contribution in [2.24, 2.45) is 10.8 Å². The molecule has 0 aromatic heterocycles. The summed E-state index contributed by atoms with van der Waals surface area (Å²) in [5.41, 5.74) is 0.786. The first-order valence-corrected chi connectivity index (χ1v) is 6.27. The van der Waals surface area contributed by atoms with Gasteiger partial charge in [0.2, 0.25) is 0 Å². The highest BCUT2D eigenvalue weighted by molar-refractivity contribution is 5.87. The lowest BCUT2D eigenvalue weighted by Gasteiger charge is -2.30. The molecular formula is C15H28O2. The van der Waals surface area contributed by atoms with Crippen LogP contribution in [0.5, 0.6) is 0 Å². The predicted molar refractivity (Wildman–Crippen MR) is 72.8 cm³/mol. The molecule has 0 atom stereocenters. The maximum absolute atomic E-state index is 11.6. The van der Waals surface area contributed by atoms with Crippen molar-refractivity contribution < 1.29 is 9.53 Å². The van der Waals surface area contributed by atoms with Gasteiger partial charge in [0.25, 0.3) is 0 Å². The van der Waals surface area contributed by atoms with Gasteiger partial charge in [-0.15, -0.1) is 0 Å². The zero-order chi connectivity index (χ0) is 13.9. The van der Waals surface area contributed by atoms with Gasteiger partial charge < -0.3 is 4.74 Å². The van der Waals surface area contributed by atoms with E-state index in [9.17, 15) is 4.79 Å². The molecule has 100 valence electrons. The quantitative estimate of drug-likeness (QED) is 0.539. The summed E-state index contributed by atoms with van der Waals surface area (Å²) >= 11 is 0. The van der Waals surface area contributed by atoms with Crippen LogP contribution in [0.2, 0.25) is 0 Å². The van der Waals surface area contributed by atoms with E-state index in [-0.39, 0.29) is 22.9 Å². The van der Waals surface area contributed by atoms with Crippen LogP contribution in [0.25, 0.3) is 0 Å². The van der Waals surface area contributed by atoms with E-state index in [1.807, 2.05) is 0 Å². The molecule has 0 aromatic carbocycles. The van der Waals surface area contributed by atoms with Crippen LogP contribution >= 0.6 is 0 Å². The number of hydrogen-bond acceptors (Lipinski definition) is 2. The summed E-state index contributed by atoms with van der Waals surface area (Å²) < 4.78 is 5.53. The Bertz CT molecular complexity index is 260. The van der Waals surface area contributed by atoms with Gasteiger partial charge in [-0.1, -0.05) is 48.1 Å². The van der Waals surface area contributed by atoms with Crippen molar-refractivity contribution in [3.05, 3.63) is 12.2 Å². The van der Waals surface area contributed by atoms with Crippen LogP contribution in [0.4, 0.5) is 0 Å². The molecular weight excluding hydrogens is 212 g/mol. The molecule has 0 spiro atoms. The standard InChI is InChI=1S/C15H28O2/c1-11(2)13(16)17-12(9-14(3,4)5)10-15(6,7)8/h12H,1,9-10H2,2-8H3. The van der Waals surface area contributed by atoms with E-state index in [2.05, 4.69) is 48.1 Å². The normalized spacial score (nSPS) is 12.7. The molecule has 0 saturated carbocycles. The summed E-state index contributed by atoms with van der Waals surface area (Å²) in [5.74, 6) is -0.275. The zero-order valence-corrected chi connectivity index (χ0v) is 12.5. The SMILES string of the molecule is C=C(C)C(=O)OC(CC(C)(C)C)CC(C)(C)C. The number of ether oxygens (including phenoxy) is 1. The minimum Gasteiger partial charge on any atom is -0.459 e. The smallest absolute Gasteiger partial charge is 0.333 e. The van der Waals surface area contributed by atoms with Gasteiger partial charge in [0, 0.05) is 5.57 Å². The Kier molecular flexibility index (Phi) is 5.44. The Hall–Kier alpha value is -0.790. The monoisotopic (exact) mass is 240 g/mol. The van der Waals surface area contributed by atoms with Crippen LogP contribution in [0.1, 0.15) is 61.3 Å². The molecule has 0 bridgehead atoms. The lowest BCUT2D eigenvalue weighted by molar-refractivity contribution is -0.147. The summed E-state index contributed by atoms with van der Waals surface area (Å²) in [7, 11) is 0. The second-order valence-electron chi connectivity index (χ2n) is 7.34. The van der Waals surface area contributed by atoms with Crippen molar-refractivity contribution in [2.75, 3.05) is 0 Å². The highest BCUT2D eigenvalue weighted by atomic mass is 16.5. The third-order valence-electron chi connectivity index (χ3n) is 2.30. The van der Waals surface area contributed by atoms with Gasteiger partial charge in [0.15, 0.2) is 0 Å². The largest absolute Gasteiger partial charge is 0.459 e. The maximum Gasteiger partial charge on any atom is 0.333 e. The molecule has 0 amide bonds. The van der Waals surface area contributed by atoms with Crippen LogP contribution in [0.3, 0.4) is 0 Å². The first kappa shape index (κ1) is 16.2. The molecule has 0 unspecified atom stereocenters. The van der Waals surface area contributed by atoms with Crippen LogP contribution in [-0.4, -0.2) is 12.1 Å². The number of carbonyl (C=O) groups is 1. The Morgan fingerprint density at radius 1 is 1.06 bits per heavy atom. The fourth-order valence-electron chi connectivity index (χ4n) is 1.77. The first-order valence-electron chi connectivity index (χ1n) is 6.27. The molecule has 2 heteroatoms. The Balaban J connectivity index is 4.63. The topological polar surface area (TPSA) is 26.3 Å². The fraction of sp³-hybridized carbons (Fsp3) is 0.800. The van der Waals surface area contributed by atoms with Crippen LogP contribution in [-0.2, 0) is 9.53 Å². The molecule has 0 rings (SSSR count). The molecule has 0 fully saturated rings. The minimum absolute atomic E-state index is 0.0285. The molecule has 0 heterocycles. The van der Waals surface area contributed by atoms with Crippen molar-refractivity contribution in [1.82, 2.24) is 0 Å². The highest BCUT2D eigenvalue weighted by Gasteiger charge is 2.26. The zero-order valence-electron chi connectivity index (χ0n) is 12.5. The lowest BCUT2D eigenvalue weighted by Crippen LogP contribution is -2.28. The molecule has 2 nitrogen and oxygen atoms in total. The molecule has 0 N–H and O–H groups in total. The molecule has 0 radical (unpaired) electrons. The van der Waals surface area contributed by atoms with Crippen LogP contribution in [0, 0.1) is 10.8 Å². The second-order valence-corrected chi connectivity index (χ2v) is 7.34. The van der Waals surface area contributed by atoms with E-state index in [0.717, 1.165) is 12.8 Å². The number of rotatable bonds is 4. The van der Waals surface area contributed by atoms with E-state index >= 15 is 0 Å². The van der Waals surface area contributed by atoms with Gasteiger partial charge >= 0.3 is 5.97 Å². The van der Waals surface area contributed by atoms with Gasteiger partial charge in [-0.3, -0.25) is 0 Å². The fourth-order valence-corrected chi connectivity index (χ4v) is 1.77. The van der Waals surface area contributed by atoms with E-state index in [1.165, 1.54) is 0 Å². The average molecular weight is 240 g/mol. The van der Waals surface area contributed by atoms with Gasteiger partial charge in [0.05, 0.1) is 0 Å². The second kappa shape index (κ2) is 5.70. The van der Waals surface area contributed by atoms with Crippen molar-refractivity contribution in [3.8, 4) is 0 Å². The van der Waals surface area contributed by atoms with E-state index < -0.39 is 0 Å². The summed E-state index contributed by atoms with van der Waals surface area (Å²) in [5, 5.41) is 0. The van der Waals surface area contributed by atoms with Gasteiger partial charge in [-0.2, -0.15) is 0 Å². The number of hydrogen-bond donors (Lipinski definition) is 0. The predicted octanol–water partition coefficient (Wildman–Crippen LogP) is 4.35. The summed E-state index contributed by atoms with van der Waals surface area (Å²) in [4.78, 5) is 11.6. The van der Waals surface area contributed by atoms with Crippen molar-refractivity contribution in [3.63, 3.8) is 0 Å². The van der Waals surface area contributed by atoms with Gasteiger partial charge in [-0.25, -0.2) is 4.79 Å². The Morgan fingerprint density at radius 2 is 1.41 bits per heavy atom. The third kappa shape index (κ3) is 8.96. The average Bonchev–Trinajstić information content (AvgIpc) is 1.96. The molecule has 0 saturated heterocycles. The molecule has 0 aliphatic rings. The lowest BCUT2D eigenvalue weighted by atomic mass is 9.82. The summed E-state index contributed by atoms with van der Waals surface area (Å²) in [6.45, 7) is 18.3. The van der Waals surface area contributed by atoms with Crippen LogP contribution < -0.4 is 0 Å².